The summed E-state index contributed by atoms with van der Waals surface area (Å²) < 4.78 is 32.1. The van der Waals surface area contributed by atoms with Crippen LogP contribution in [0.3, 0.4) is 0 Å². The minimum absolute atomic E-state index is 0.00356. The lowest BCUT2D eigenvalue weighted by atomic mass is 9.90. The molecule has 1 fully saturated rings. The van der Waals surface area contributed by atoms with Crippen LogP contribution in [0.15, 0.2) is 94.9 Å². The maximum Gasteiger partial charge on any atom is 0.337 e. The van der Waals surface area contributed by atoms with Gasteiger partial charge in [0.05, 0.1) is 17.3 Å². The number of amides is 1. The number of halogens is 2. The van der Waals surface area contributed by atoms with E-state index < -0.39 is 28.9 Å². The summed E-state index contributed by atoms with van der Waals surface area (Å²) in [5.74, 6) is -1.51. The van der Waals surface area contributed by atoms with Crippen LogP contribution in [0.25, 0.3) is 33.5 Å². The summed E-state index contributed by atoms with van der Waals surface area (Å²) >= 11 is 0. The monoisotopic (exact) mass is 678 g/mol. The van der Waals surface area contributed by atoms with Gasteiger partial charge in [0.2, 0.25) is 0 Å². The van der Waals surface area contributed by atoms with Crippen molar-refractivity contribution in [2.24, 2.45) is 0 Å². The highest BCUT2D eigenvalue weighted by Gasteiger charge is 2.28. The molecule has 0 unspecified atom stereocenters. The number of aromatic nitrogens is 5. The summed E-state index contributed by atoms with van der Waals surface area (Å²) in [7, 11) is 1.91. The maximum atomic E-state index is 14.5. The molecule has 256 valence electrons. The molecule has 1 saturated carbocycles. The van der Waals surface area contributed by atoms with E-state index in [0.717, 1.165) is 48.6 Å². The van der Waals surface area contributed by atoms with Gasteiger partial charge < -0.3 is 20.4 Å². The Labute approximate surface area is 285 Å². The lowest BCUT2D eigenvalue weighted by Gasteiger charge is -2.30. The summed E-state index contributed by atoms with van der Waals surface area (Å²) in [5.41, 5.74) is 2.97. The Hall–Kier alpha value is -5.53. The van der Waals surface area contributed by atoms with Crippen molar-refractivity contribution in [1.29, 1.82) is 0 Å². The predicted molar refractivity (Wildman–Crippen MR) is 187 cm³/mol. The molecule has 13 heteroatoms. The fraction of sp³-hybridized carbons (Fsp3) is 0.270. The van der Waals surface area contributed by atoms with E-state index in [1.165, 1.54) is 38.1 Å². The highest BCUT2D eigenvalue weighted by Crippen LogP contribution is 2.28. The number of hydrogen-bond acceptors (Lipinski definition) is 7. The number of benzene rings is 2. The Morgan fingerprint density at radius 3 is 2.48 bits per heavy atom. The molecule has 4 aromatic heterocycles. The molecule has 4 heterocycles. The first-order valence-corrected chi connectivity index (χ1v) is 16.6. The zero-order chi connectivity index (χ0) is 34.8. The molecule has 0 atom stereocenters. The summed E-state index contributed by atoms with van der Waals surface area (Å²) in [6.07, 6.45) is 5.59. The van der Waals surface area contributed by atoms with Crippen molar-refractivity contribution in [2.75, 3.05) is 20.1 Å². The van der Waals surface area contributed by atoms with E-state index in [0.29, 0.717) is 37.0 Å². The van der Waals surface area contributed by atoms with Crippen LogP contribution in [0.4, 0.5) is 8.78 Å². The molecule has 3 N–H and O–H groups in total. The average Bonchev–Trinajstić information content (AvgIpc) is 3.55. The highest BCUT2D eigenvalue weighted by atomic mass is 19.1. The predicted octanol–water partition coefficient (Wildman–Crippen LogP) is 4.36. The van der Waals surface area contributed by atoms with Crippen LogP contribution in [0.2, 0.25) is 0 Å². The van der Waals surface area contributed by atoms with E-state index >= 15 is 0 Å². The van der Waals surface area contributed by atoms with Crippen molar-refractivity contribution >= 4 is 22.6 Å². The van der Waals surface area contributed by atoms with Gasteiger partial charge in [-0.05, 0) is 79.8 Å². The Morgan fingerprint density at radius 2 is 1.70 bits per heavy atom. The molecular weight excluding hydrogens is 642 g/mol. The zero-order valence-corrected chi connectivity index (χ0v) is 27.4. The SMILES string of the molecule is CNCCNCc1ccc(-c2cccc(-n3c(=O)n([C@H]4CC[C@@H](NC(=O)c5cn6cc(F)ccc6n5)CC4)c(=O)c4cc(F)cnc43)c2)cc1. The van der Waals surface area contributed by atoms with Crippen LogP contribution in [-0.2, 0) is 6.54 Å². The van der Waals surface area contributed by atoms with Crippen molar-refractivity contribution in [3.8, 4) is 16.8 Å². The maximum absolute atomic E-state index is 14.5. The molecule has 7 rings (SSSR count). The second-order valence-corrected chi connectivity index (χ2v) is 12.6. The fourth-order valence-corrected chi connectivity index (χ4v) is 6.63. The zero-order valence-electron chi connectivity index (χ0n) is 27.4. The number of likely N-dealkylation sites (N-methyl/N-ethyl adjacent to an activating group) is 1. The normalized spacial score (nSPS) is 16.2. The van der Waals surface area contributed by atoms with Crippen LogP contribution in [-0.4, -0.2) is 55.6 Å². The van der Waals surface area contributed by atoms with Crippen LogP contribution in [0.5, 0.6) is 0 Å². The van der Waals surface area contributed by atoms with Gasteiger partial charge in [-0.3, -0.25) is 14.2 Å². The third-order valence-corrected chi connectivity index (χ3v) is 9.21. The number of rotatable bonds is 10. The first kappa shape index (κ1) is 33.0. The van der Waals surface area contributed by atoms with Gasteiger partial charge in [-0.2, -0.15) is 0 Å². The van der Waals surface area contributed by atoms with Gasteiger partial charge in [-0.15, -0.1) is 0 Å². The molecule has 0 radical (unpaired) electrons. The fourth-order valence-electron chi connectivity index (χ4n) is 6.63. The summed E-state index contributed by atoms with van der Waals surface area (Å²) in [6.45, 7) is 2.48. The number of carbonyl (C=O) groups excluding carboxylic acids is 1. The van der Waals surface area contributed by atoms with Gasteiger partial charge in [0.15, 0.2) is 5.65 Å². The standard InChI is InChI=1S/C37H36F2N8O3/c1-40-15-16-41-19-23-5-7-24(8-6-23)25-3-2-4-30(17-25)46-34-31(18-27(39)20-42-34)36(49)47(37(46)50)29-12-10-28(11-13-29)43-35(48)32-22-45-21-26(38)9-14-33(45)44-32/h2-9,14,17-18,20-22,28-29,40-41H,10-13,15-16,19H2,1H3,(H,43,48)/t28-,29+. The lowest BCUT2D eigenvalue weighted by molar-refractivity contribution is 0.0917. The second-order valence-electron chi connectivity index (χ2n) is 12.6. The number of hydrogen-bond donors (Lipinski definition) is 3. The van der Waals surface area contributed by atoms with Gasteiger partial charge in [0.1, 0.15) is 23.0 Å². The highest BCUT2D eigenvalue weighted by molar-refractivity contribution is 5.93. The molecule has 2 aromatic carbocycles. The number of carbonyl (C=O) groups is 1. The molecule has 11 nitrogen and oxygen atoms in total. The van der Waals surface area contributed by atoms with E-state index in [1.807, 2.05) is 37.4 Å². The van der Waals surface area contributed by atoms with Crippen LogP contribution >= 0.6 is 0 Å². The average molecular weight is 679 g/mol. The molecule has 0 bridgehead atoms. The van der Waals surface area contributed by atoms with Crippen molar-refractivity contribution < 1.29 is 13.6 Å². The molecule has 6 aromatic rings. The minimum Gasteiger partial charge on any atom is -0.348 e. The summed E-state index contributed by atoms with van der Waals surface area (Å²) in [4.78, 5) is 49.5. The van der Waals surface area contributed by atoms with Gasteiger partial charge >= 0.3 is 5.69 Å². The van der Waals surface area contributed by atoms with Crippen molar-refractivity contribution in [3.63, 3.8) is 0 Å². The Morgan fingerprint density at radius 1 is 0.900 bits per heavy atom. The topological polar surface area (TPSA) is 127 Å². The Kier molecular flexibility index (Phi) is 9.33. The number of nitrogens with one attached hydrogen (secondary N) is 3. The van der Waals surface area contributed by atoms with Crippen molar-refractivity contribution in [3.05, 3.63) is 129 Å². The Balaban J connectivity index is 1.14. The third-order valence-electron chi connectivity index (χ3n) is 9.21. The molecule has 1 aliphatic rings. The lowest BCUT2D eigenvalue weighted by Crippen LogP contribution is -2.45. The summed E-state index contributed by atoms with van der Waals surface area (Å²) in [5, 5.41) is 9.48. The van der Waals surface area contributed by atoms with Crippen LogP contribution in [0.1, 0.15) is 47.8 Å². The first-order valence-electron chi connectivity index (χ1n) is 16.6. The number of pyridine rings is 2. The van der Waals surface area contributed by atoms with Crippen molar-refractivity contribution in [2.45, 2.75) is 44.3 Å². The molecule has 0 aliphatic heterocycles. The number of nitrogens with zero attached hydrogens (tertiary/aromatic N) is 5. The van der Waals surface area contributed by atoms with Gasteiger partial charge in [0.25, 0.3) is 11.5 Å². The molecule has 0 saturated heterocycles. The number of imidazole rings is 1. The molecular formula is C37H36F2N8O3. The molecule has 50 heavy (non-hydrogen) atoms. The smallest absolute Gasteiger partial charge is 0.337 e. The van der Waals surface area contributed by atoms with Crippen LogP contribution in [0, 0.1) is 11.6 Å². The molecule has 1 amide bonds. The van der Waals surface area contributed by atoms with Gasteiger partial charge in [0, 0.05) is 44.1 Å². The minimum atomic E-state index is -0.679. The Bertz CT molecular complexity index is 2310. The molecule has 1 aliphatic carbocycles. The van der Waals surface area contributed by atoms with Crippen LogP contribution < -0.4 is 27.2 Å². The van der Waals surface area contributed by atoms with E-state index in [-0.39, 0.29) is 28.7 Å². The third kappa shape index (κ3) is 6.69. The van der Waals surface area contributed by atoms with E-state index in [2.05, 4.69) is 38.1 Å². The summed E-state index contributed by atoms with van der Waals surface area (Å²) in [6, 6.07) is 18.8. The van der Waals surface area contributed by atoms with Crippen molar-refractivity contribution in [1.82, 2.24) is 39.5 Å². The van der Waals surface area contributed by atoms with Gasteiger partial charge in [-0.1, -0.05) is 36.4 Å². The molecule has 0 spiro atoms. The van der Waals surface area contributed by atoms with Gasteiger partial charge in [-0.25, -0.2) is 28.1 Å². The van der Waals surface area contributed by atoms with E-state index in [1.54, 1.807) is 6.07 Å². The van der Waals surface area contributed by atoms with E-state index in [9.17, 15) is 23.2 Å². The number of fused-ring (bicyclic) bond motifs is 2. The quantitative estimate of drug-likeness (QED) is 0.184. The largest absolute Gasteiger partial charge is 0.348 e. The first-order chi connectivity index (χ1) is 24.3. The van der Waals surface area contributed by atoms with E-state index in [4.69, 9.17) is 0 Å². The second kappa shape index (κ2) is 14.1.